The van der Waals surface area contributed by atoms with Crippen LogP contribution in [0.4, 0.5) is 5.13 Å². The van der Waals surface area contributed by atoms with Gasteiger partial charge in [-0.05, 0) is 17.9 Å². The zero-order valence-electron chi connectivity index (χ0n) is 16.5. The summed E-state index contributed by atoms with van der Waals surface area (Å²) in [4.78, 5) is 47.4. The number of nitriles is 1. The fourth-order valence-corrected chi connectivity index (χ4v) is 5.48. The summed E-state index contributed by atoms with van der Waals surface area (Å²) in [5.74, 6) is -1.87. The highest BCUT2D eigenvalue weighted by atomic mass is 32.2. The topological polar surface area (TPSA) is 184 Å². The van der Waals surface area contributed by atoms with Crippen molar-refractivity contribution in [1.82, 2.24) is 19.6 Å². The molecule has 2 aliphatic heterocycles. The van der Waals surface area contributed by atoms with Crippen LogP contribution < -0.4 is 11.1 Å². The van der Waals surface area contributed by atoms with E-state index in [-0.39, 0.29) is 29.0 Å². The SMILES string of the molecule is CCON=C(C(=O)NC1C(=O)N2C(C(=O)O)=C(CS/C=C\C#N)CS[C@H]12)c1nsc(N)n1. The Morgan fingerprint density at radius 3 is 2.97 bits per heavy atom. The summed E-state index contributed by atoms with van der Waals surface area (Å²) in [5.41, 5.74) is 5.80. The standard InChI is InChI=1S/C17H17N7O5S3/c1-2-29-22-9(12-21-17(19)32-23-12)13(25)20-10-14(26)24-11(16(27)28)8(7-31-15(10)24)6-30-5-3-4-18/h3,5,10,15H,2,6-7H2,1H3,(H,20,25)(H,27,28)(H2,19,21,23)/b5-3-,22-9?/t10?,15-/m1/s1. The van der Waals surface area contributed by atoms with Crippen LogP contribution in [-0.4, -0.2) is 72.4 Å². The molecule has 12 nitrogen and oxygen atoms in total. The number of aliphatic carboxylic acids is 1. The van der Waals surface area contributed by atoms with Crippen LogP contribution in [0.2, 0.25) is 0 Å². The molecule has 2 amide bonds. The number of carbonyl (C=O) groups is 3. The Balaban J connectivity index is 1.76. The summed E-state index contributed by atoms with van der Waals surface area (Å²) in [6.45, 7) is 1.88. The summed E-state index contributed by atoms with van der Waals surface area (Å²) >= 11 is 3.47. The van der Waals surface area contributed by atoms with Crippen LogP contribution in [0.3, 0.4) is 0 Å². The van der Waals surface area contributed by atoms with E-state index >= 15 is 0 Å². The minimum atomic E-state index is -1.23. The molecule has 1 unspecified atom stereocenters. The number of aromatic nitrogens is 2. The van der Waals surface area contributed by atoms with Crippen LogP contribution in [-0.2, 0) is 19.2 Å². The Labute approximate surface area is 194 Å². The van der Waals surface area contributed by atoms with Gasteiger partial charge >= 0.3 is 5.97 Å². The maximum absolute atomic E-state index is 12.8. The van der Waals surface area contributed by atoms with Gasteiger partial charge in [-0.1, -0.05) is 5.16 Å². The lowest BCUT2D eigenvalue weighted by Gasteiger charge is -2.49. The Morgan fingerprint density at radius 2 is 2.34 bits per heavy atom. The van der Waals surface area contributed by atoms with Crippen LogP contribution in [0, 0.1) is 11.3 Å². The van der Waals surface area contributed by atoms with Crippen LogP contribution in [0.5, 0.6) is 0 Å². The maximum Gasteiger partial charge on any atom is 0.352 e. The zero-order valence-corrected chi connectivity index (χ0v) is 19.0. The van der Waals surface area contributed by atoms with Crippen LogP contribution in [0.25, 0.3) is 0 Å². The van der Waals surface area contributed by atoms with Crippen LogP contribution in [0.1, 0.15) is 12.7 Å². The van der Waals surface area contributed by atoms with Crippen molar-refractivity contribution in [3.8, 4) is 6.07 Å². The third kappa shape index (κ3) is 4.87. The largest absolute Gasteiger partial charge is 0.477 e. The number of hydrogen-bond acceptors (Lipinski definition) is 12. The lowest BCUT2D eigenvalue weighted by Crippen LogP contribution is -2.71. The highest BCUT2D eigenvalue weighted by molar-refractivity contribution is 8.02. The molecule has 0 saturated carbocycles. The molecule has 0 aromatic carbocycles. The highest BCUT2D eigenvalue weighted by Crippen LogP contribution is 2.41. The molecule has 1 saturated heterocycles. The van der Waals surface area contributed by atoms with E-state index in [1.165, 1.54) is 34.5 Å². The first-order valence-electron chi connectivity index (χ1n) is 9.05. The second kappa shape index (κ2) is 10.5. The predicted octanol–water partition coefficient (Wildman–Crippen LogP) is 0.370. The molecule has 15 heteroatoms. The number of hydrogen-bond donors (Lipinski definition) is 3. The molecule has 1 aromatic rings. The second-order valence-electron chi connectivity index (χ2n) is 6.17. The van der Waals surface area contributed by atoms with E-state index in [4.69, 9.17) is 15.8 Å². The number of nitrogens with two attached hydrogens (primary N) is 1. The molecule has 3 heterocycles. The van der Waals surface area contributed by atoms with E-state index in [2.05, 4.69) is 19.8 Å². The number of carboxylic acids is 1. The van der Waals surface area contributed by atoms with Gasteiger partial charge < -0.3 is 21.0 Å². The molecule has 1 aromatic heterocycles. The fourth-order valence-electron chi connectivity index (χ4n) is 2.88. The van der Waals surface area contributed by atoms with Crippen molar-refractivity contribution in [3.63, 3.8) is 0 Å². The minimum absolute atomic E-state index is 0.0331. The molecule has 32 heavy (non-hydrogen) atoms. The van der Waals surface area contributed by atoms with Crippen LogP contribution in [0.15, 0.2) is 27.9 Å². The molecule has 1 fully saturated rings. The van der Waals surface area contributed by atoms with Gasteiger partial charge in [0.15, 0.2) is 5.13 Å². The van der Waals surface area contributed by atoms with Gasteiger partial charge in [0.05, 0.1) is 6.07 Å². The number of nitrogens with zero attached hydrogens (tertiary/aromatic N) is 5. The number of allylic oxidation sites excluding steroid dienone is 1. The van der Waals surface area contributed by atoms with Crippen molar-refractivity contribution in [2.75, 3.05) is 23.8 Å². The molecular weight excluding hydrogens is 478 g/mol. The molecule has 0 spiro atoms. The van der Waals surface area contributed by atoms with Gasteiger partial charge in [0.2, 0.25) is 11.5 Å². The number of oxime groups is 1. The van der Waals surface area contributed by atoms with E-state index in [1.54, 1.807) is 12.3 Å². The van der Waals surface area contributed by atoms with Crippen molar-refractivity contribution in [2.24, 2.45) is 5.16 Å². The predicted molar refractivity (Wildman–Crippen MR) is 119 cm³/mol. The number of rotatable bonds is 9. The zero-order chi connectivity index (χ0) is 23.3. The van der Waals surface area contributed by atoms with Crippen molar-refractivity contribution in [1.29, 1.82) is 5.26 Å². The summed E-state index contributed by atoms with van der Waals surface area (Å²) in [7, 11) is 0. The average molecular weight is 496 g/mol. The number of thioether (sulfide) groups is 2. The molecule has 0 bridgehead atoms. The highest BCUT2D eigenvalue weighted by Gasteiger charge is 2.54. The number of carbonyl (C=O) groups excluding carboxylic acids is 2. The Morgan fingerprint density at radius 1 is 1.56 bits per heavy atom. The molecule has 168 valence electrons. The fraction of sp³-hybridized carbons (Fsp3) is 0.353. The molecule has 2 atom stereocenters. The number of β-lactam (4-membered cyclic amide) rings is 1. The van der Waals surface area contributed by atoms with E-state index in [0.29, 0.717) is 17.1 Å². The molecule has 4 N–H and O–H groups in total. The van der Waals surface area contributed by atoms with Crippen molar-refractivity contribution >= 4 is 63.7 Å². The Kier molecular flexibility index (Phi) is 7.72. The van der Waals surface area contributed by atoms with Gasteiger partial charge in [-0.15, -0.1) is 23.5 Å². The normalized spacial score (nSPS) is 20.6. The Hall–Kier alpha value is -3.09. The molecule has 2 aliphatic rings. The average Bonchev–Trinajstić information content (AvgIpc) is 3.20. The van der Waals surface area contributed by atoms with Gasteiger partial charge in [-0.3, -0.25) is 14.5 Å². The maximum atomic E-state index is 12.8. The lowest BCUT2D eigenvalue weighted by atomic mass is 10.0. The molecule has 0 aliphatic carbocycles. The van der Waals surface area contributed by atoms with Crippen LogP contribution >= 0.6 is 35.1 Å². The van der Waals surface area contributed by atoms with Crippen molar-refractivity contribution in [2.45, 2.75) is 18.3 Å². The minimum Gasteiger partial charge on any atom is -0.477 e. The first kappa shape index (κ1) is 23.6. The molecular formula is C17H17N7O5S3. The second-order valence-corrected chi connectivity index (χ2v) is 8.96. The van der Waals surface area contributed by atoms with Gasteiger partial charge in [-0.2, -0.15) is 14.6 Å². The summed E-state index contributed by atoms with van der Waals surface area (Å²) in [6.07, 6.45) is 1.29. The van der Waals surface area contributed by atoms with Gasteiger partial charge in [0, 0.05) is 29.1 Å². The van der Waals surface area contributed by atoms with Crippen molar-refractivity contribution < 1.29 is 24.3 Å². The monoisotopic (exact) mass is 495 g/mol. The Bertz CT molecular complexity index is 1060. The lowest BCUT2D eigenvalue weighted by molar-refractivity contribution is -0.150. The number of anilines is 1. The number of amides is 2. The first-order valence-corrected chi connectivity index (χ1v) is 11.9. The van der Waals surface area contributed by atoms with Crippen molar-refractivity contribution in [3.05, 3.63) is 28.6 Å². The van der Waals surface area contributed by atoms with Gasteiger partial charge in [-0.25, -0.2) is 4.79 Å². The molecule has 0 radical (unpaired) electrons. The summed E-state index contributed by atoms with van der Waals surface area (Å²) in [6, 6.07) is 0.908. The third-order valence-corrected chi connectivity index (χ3v) is 6.91. The number of nitrogens with one attached hydrogen (secondary N) is 1. The third-order valence-electron chi connectivity index (χ3n) is 4.19. The van der Waals surface area contributed by atoms with E-state index in [0.717, 1.165) is 11.5 Å². The number of nitrogen functional groups attached to an aromatic ring is 1. The van der Waals surface area contributed by atoms with E-state index in [9.17, 15) is 19.5 Å². The van der Waals surface area contributed by atoms with E-state index < -0.39 is 29.2 Å². The summed E-state index contributed by atoms with van der Waals surface area (Å²) < 4.78 is 3.95. The molecule has 3 rings (SSSR count). The van der Waals surface area contributed by atoms with Gasteiger partial charge in [0.25, 0.3) is 11.8 Å². The summed E-state index contributed by atoms with van der Waals surface area (Å²) in [5, 5.41) is 25.6. The first-order chi connectivity index (χ1) is 15.4. The number of fused-ring (bicyclic) bond motifs is 1. The quantitative estimate of drug-likeness (QED) is 0.186. The van der Waals surface area contributed by atoms with Gasteiger partial charge in [0.1, 0.15) is 23.7 Å². The van der Waals surface area contributed by atoms with E-state index in [1.807, 2.05) is 6.07 Å². The number of carboxylic acid groups (broad SMARTS) is 1. The smallest absolute Gasteiger partial charge is 0.352 e.